The minimum atomic E-state index is -1.04. The predicted molar refractivity (Wildman–Crippen MR) is 67.7 cm³/mol. The zero-order chi connectivity index (χ0) is 14.3. The number of aromatic amines is 1. The number of amides is 1. The molecule has 1 saturated heterocycles. The Morgan fingerprint density at radius 3 is 3.00 bits per heavy atom. The number of benzene rings is 1. The molecule has 0 aliphatic carbocycles. The van der Waals surface area contributed by atoms with Gasteiger partial charge in [-0.3, -0.25) is 4.79 Å². The second kappa shape index (κ2) is 4.59. The summed E-state index contributed by atoms with van der Waals surface area (Å²) in [6.07, 6.45) is 2.42. The number of fused-ring (bicyclic) bond motifs is 1. The number of aliphatic carboxylic acids is 1. The van der Waals surface area contributed by atoms with Crippen molar-refractivity contribution in [1.29, 1.82) is 0 Å². The molecular weight excluding hydrogens is 265 g/mol. The molecule has 1 aliphatic heterocycles. The SMILES string of the molecule is O=C(O)[C@@H]1CCCN1C(=O)c1cc(F)cc2[nH]cnc12. The highest BCUT2D eigenvalue weighted by molar-refractivity contribution is 6.06. The predicted octanol–water partition coefficient (Wildman–Crippen LogP) is 1.39. The molecule has 0 spiro atoms. The number of nitrogens with zero attached hydrogens (tertiary/aromatic N) is 2. The van der Waals surface area contributed by atoms with Gasteiger partial charge in [-0.25, -0.2) is 14.2 Å². The van der Waals surface area contributed by atoms with E-state index < -0.39 is 23.7 Å². The van der Waals surface area contributed by atoms with E-state index in [1.54, 1.807) is 0 Å². The molecule has 0 bridgehead atoms. The minimum absolute atomic E-state index is 0.0920. The van der Waals surface area contributed by atoms with Crippen LogP contribution in [0.5, 0.6) is 0 Å². The first-order valence-corrected chi connectivity index (χ1v) is 6.24. The maximum atomic E-state index is 13.5. The number of imidazole rings is 1. The number of halogens is 1. The lowest BCUT2D eigenvalue weighted by atomic mass is 10.1. The number of carbonyl (C=O) groups is 2. The van der Waals surface area contributed by atoms with Gasteiger partial charge in [0, 0.05) is 6.54 Å². The molecular formula is C13H12FN3O3. The average molecular weight is 277 g/mol. The van der Waals surface area contributed by atoms with Gasteiger partial charge in [-0.2, -0.15) is 0 Å². The highest BCUT2D eigenvalue weighted by atomic mass is 19.1. The number of hydrogen-bond donors (Lipinski definition) is 2. The molecule has 0 unspecified atom stereocenters. The van der Waals surface area contributed by atoms with Crippen LogP contribution >= 0.6 is 0 Å². The summed E-state index contributed by atoms with van der Waals surface area (Å²) in [6.45, 7) is 0.359. The van der Waals surface area contributed by atoms with Gasteiger partial charge in [0.1, 0.15) is 17.4 Å². The molecule has 1 aromatic carbocycles. The fourth-order valence-corrected chi connectivity index (χ4v) is 2.60. The van der Waals surface area contributed by atoms with Crippen LogP contribution in [0.15, 0.2) is 18.5 Å². The fourth-order valence-electron chi connectivity index (χ4n) is 2.60. The van der Waals surface area contributed by atoms with Crippen molar-refractivity contribution in [3.8, 4) is 0 Å². The molecule has 2 aromatic rings. The van der Waals surface area contributed by atoms with E-state index in [-0.39, 0.29) is 5.56 Å². The van der Waals surface area contributed by atoms with Gasteiger partial charge < -0.3 is 15.0 Å². The zero-order valence-corrected chi connectivity index (χ0v) is 10.5. The van der Waals surface area contributed by atoms with Gasteiger partial charge in [0.05, 0.1) is 17.4 Å². The molecule has 0 saturated carbocycles. The summed E-state index contributed by atoms with van der Waals surface area (Å²) in [4.78, 5) is 31.6. The maximum absolute atomic E-state index is 13.5. The first kappa shape index (κ1) is 12.6. The van der Waals surface area contributed by atoms with Gasteiger partial charge in [0.25, 0.3) is 5.91 Å². The van der Waals surface area contributed by atoms with Crippen molar-refractivity contribution in [2.75, 3.05) is 6.54 Å². The van der Waals surface area contributed by atoms with Crippen LogP contribution in [-0.4, -0.2) is 44.4 Å². The van der Waals surface area contributed by atoms with Crippen LogP contribution in [0.4, 0.5) is 4.39 Å². The second-order valence-corrected chi connectivity index (χ2v) is 4.75. The first-order chi connectivity index (χ1) is 9.58. The van der Waals surface area contributed by atoms with Gasteiger partial charge in [0.2, 0.25) is 0 Å². The normalized spacial score (nSPS) is 18.6. The van der Waals surface area contributed by atoms with Crippen molar-refractivity contribution < 1.29 is 19.1 Å². The lowest BCUT2D eigenvalue weighted by Gasteiger charge is -2.21. The third kappa shape index (κ3) is 1.91. The van der Waals surface area contributed by atoms with E-state index in [9.17, 15) is 14.0 Å². The molecule has 7 heteroatoms. The topological polar surface area (TPSA) is 86.3 Å². The number of aromatic nitrogens is 2. The minimum Gasteiger partial charge on any atom is -0.480 e. The van der Waals surface area contributed by atoms with Crippen LogP contribution in [0.2, 0.25) is 0 Å². The van der Waals surface area contributed by atoms with Crippen LogP contribution < -0.4 is 0 Å². The number of H-pyrrole nitrogens is 1. The summed E-state index contributed by atoms with van der Waals surface area (Å²) < 4.78 is 13.5. The second-order valence-electron chi connectivity index (χ2n) is 4.75. The molecule has 1 aliphatic rings. The number of likely N-dealkylation sites (tertiary alicyclic amines) is 1. The number of carboxylic acid groups (broad SMARTS) is 1. The summed E-state index contributed by atoms with van der Waals surface area (Å²) in [5, 5.41) is 9.12. The Hall–Kier alpha value is -2.44. The molecule has 1 atom stereocenters. The third-order valence-electron chi connectivity index (χ3n) is 3.52. The van der Waals surface area contributed by atoms with E-state index in [2.05, 4.69) is 9.97 Å². The lowest BCUT2D eigenvalue weighted by molar-refractivity contribution is -0.141. The quantitative estimate of drug-likeness (QED) is 0.868. The zero-order valence-electron chi connectivity index (χ0n) is 10.5. The van der Waals surface area contributed by atoms with Gasteiger partial charge >= 0.3 is 5.97 Å². The van der Waals surface area contributed by atoms with E-state index in [4.69, 9.17) is 5.11 Å². The Balaban J connectivity index is 2.04. The Morgan fingerprint density at radius 2 is 2.25 bits per heavy atom. The van der Waals surface area contributed by atoms with Crippen molar-refractivity contribution in [2.45, 2.75) is 18.9 Å². The number of nitrogens with one attached hydrogen (secondary N) is 1. The van der Waals surface area contributed by atoms with Crippen molar-refractivity contribution in [1.82, 2.24) is 14.9 Å². The summed E-state index contributed by atoms with van der Waals surface area (Å²) >= 11 is 0. The molecule has 0 radical (unpaired) electrons. The molecule has 1 amide bonds. The van der Waals surface area contributed by atoms with Crippen molar-refractivity contribution in [3.63, 3.8) is 0 Å². The van der Waals surface area contributed by atoms with Crippen molar-refractivity contribution >= 4 is 22.9 Å². The monoisotopic (exact) mass is 277 g/mol. The summed E-state index contributed by atoms with van der Waals surface area (Å²) in [5.41, 5.74) is 0.862. The summed E-state index contributed by atoms with van der Waals surface area (Å²) in [5.74, 6) is -2.09. The number of rotatable bonds is 2. The molecule has 2 heterocycles. The highest BCUT2D eigenvalue weighted by Crippen LogP contribution is 2.24. The Morgan fingerprint density at radius 1 is 1.45 bits per heavy atom. The van der Waals surface area contributed by atoms with Gasteiger partial charge in [-0.1, -0.05) is 0 Å². The number of carboxylic acids is 1. The Bertz CT molecular complexity index is 697. The number of hydrogen-bond acceptors (Lipinski definition) is 3. The molecule has 104 valence electrons. The third-order valence-corrected chi connectivity index (χ3v) is 3.52. The van der Waals surface area contributed by atoms with Crippen LogP contribution in [0.3, 0.4) is 0 Å². The molecule has 3 rings (SSSR count). The van der Waals surface area contributed by atoms with Gasteiger partial charge in [-0.15, -0.1) is 0 Å². The van der Waals surface area contributed by atoms with Gasteiger partial charge in [0.15, 0.2) is 0 Å². The summed E-state index contributed by atoms with van der Waals surface area (Å²) in [7, 11) is 0. The van der Waals surface area contributed by atoms with Crippen LogP contribution in [-0.2, 0) is 4.79 Å². The highest BCUT2D eigenvalue weighted by Gasteiger charge is 2.35. The van der Waals surface area contributed by atoms with Gasteiger partial charge in [-0.05, 0) is 25.0 Å². The van der Waals surface area contributed by atoms with E-state index >= 15 is 0 Å². The first-order valence-electron chi connectivity index (χ1n) is 6.24. The van der Waals surface area contributed by atoms with Crippen LogP contribution in [0.1, 0.15) is 23.2 Å². The number of carbonyl (C=O) groups excluding carboxylic acids is 1. The molecule has 20 heavy (non-hydrogen) atoms. The molecule has 1 fully saturated rings. The Kier molecular flexibility index (Phi) is 2.89. The lowest BCUT2D eigenvalue weighted by Crippen LogP contribution is -2.40. The molecule has 1 aromatic heterocycles. The summed E-state index contributed by atoms with van der Waals surface area (Å²) in [6, 6.07) is 1.50. The Labute approximate surface area is 113 Å². The van der Waals surface area contributed by atoms with Crippen molar-refractivity contribution in [3.05, 3.63) is 29.8 Å². The largest absolute Gasteiger partial charge is 0.480 e. The molecule has 2 N–H and O–H groups in total. The smallest absolute Gasteiger partial charge is 0.326 e. The van der Waals surface area contributed by atoms with Crippen molar-refractivity contribution in [2.24, 2.45) is 0 Å². The average Bonchev–Trinajstić information content (AvgIpc) is 3.04. The standard InChI is InChI=1S/C13H12FN3O3/c14-7-4-8(11-9(5-7)15-6-16-11)12(18)17-3-1-2-10(17)13(19)20/h4-6,10H,1-3H2,(H,15,16)(H,19,20)/t10-/m0/s1. The van der Waals surface area contributed by atoms with E-state index in [0.29, 0.717) is 30.4 Å². The fraction of sp³-hybridized carbons (Fsp3) is 0.308. The molecule has 6 nitrogen and oxygen atoms in total. The van der Waals surface area contributed by atoms with E-state index in [0.717, 1.165) is 6.07 Å². The maximum Gasteiger partial charge on any atom is 0.326 e. The van der Waals surface area contributed by atoms with E-state index in [1.807, 2.05) is 0 Å². The van der Waals surface area contributed by atoms with Crippen LogP contribution in [0.25, 0.3) is 11.0 Å². The van der Waals surface area contributed by atoms with E-state index in [1.165, 1.54) is 17.3 Å². The van der Waals surface area contributed by atoms with Crippen LogP contribution in [0, 0.1) is 5.82 Å².